The fourth-order valence-electron chi connectivity index (χ4n) is 5.09. The van der Waals surface area contributed by atoms with Crippen molar-refractivity contribution in [3.63, 3.8) is 0 Å². The van der Waals surface area contributed by atoms with Gasteiger partial charge in [-0.15, -0.1) is 0 Å². The topological polar surface area (TPSA) is 63.7 Å². The average molecular weight is 395 g/mol. The molecule has 6 heteroatoms. The fourth-order valence-corrected chi connectivity index (χ4v) is 5.09. The molecular weight excluding hydrogens is 364 g/mol. The molecule has 1 fully saturated rings. The summed E-state index contributed by atoms with van der Waals surface area (Å²) in [6.45, 7) is 7.97. The minimum absolute atomic E-state index is 0.303. The third kappa shape index (κ3) is 3.55. The Morgan fingerprint density at radius 1 is 1.03 bits per heavy atom. The zero-order valence-electron chi connectivity index (χ0n) is 17.0. The second-order valence-electron chi connectivity index (χ2n) is 8.41. The molecule has 3 aliphatic heterocycles. The van der Waals surface area contributed by atoms with Crippen molar-refractivity contribution in [2.45, 2.75) is 32.2 Å². The Bertz CT molecular complexity index is 914. The number of nitrogens with two attached hydrogens (primary N) is 1. The first-order chi connectivity index (χ1) is 14.2. The number of morpholine rings is 1. The van der Waals surface area contributed by atoms with Gasteiger partial charge in [-0.2, -0.15) is 0 Å². The Hall–Kier alpha value is -2.31. The van der Waals surface area contributed by atoms with Crippen LogP contribution >= 0.6 is 0 Å². The van der Waals surface area contributed by atoms with E-state index in [0.29, 0.717) is 0 Å². The number of benzene rings is 1. The van der Waals surface area contributed by atoms with Crippen molar-refractivity contribution in [3.05, 3.63) is 41.2 Å². The van der Waals surface area contributed by atoms with Crippen LogP contribution in [0.25, 0.3) is 11.1 Å². The summed E-state index contributed by atoms with van der Waals surface area (Å²) in [5, 5.41) is 0. The number of aryl methyl sites for hydroxylation is 1. The number of rotatable bonds is 5. The number of hydrogen-bond acceptors (Lipinski definition) is 4. The van der Waals surface area contributed by atoms with E-state index in [-0.39, 0.29) is 5.91 Å². The monoisotopic (exact) mass is 394 g/mol. The van der Waals surface area contributed by atoms with Gasteiger partial charge in [0.25, 0.3) is 5.91 Å². The molecule has 0 atom stereocenters. The standard InChI is InChI=1S/C23H30N4O2/c24-23(28)22-19(16-27-7-2-1-3-21(22)27)17-4-5-20-18(15-17)6-8-26(20)10-9-25-11-13-29-14-12-25/h4-5,15-16H,1-3,6-14H2,(H2,24,28). The Balaban J connectivity index is 1.38. The van der Waals surface area contributed by atoms with Crippen LogP contribution in [0, 0.1) is 0 Å². The average Bonchev–Trinajstić information content (AvgIpc) is 3.34. The fraction of sp³-hybridized carbons (Fsp3) is 0.522. The van der Waals surface area contributed by atoms with Crippen molar-refractivity contribution in [3.8, 4) is 11.1 Å². The molecule has 0 unspecified atom stereocenters. The van der Waals surface area contributed by atoms with E-state index < -0.39 is 0 Å². The molecule has 0 bridgehead atoms. The molecule has 3 aliphatic rings. The number of hydrogen-bond donors (Lipinski definition) is 1. The number of fused-ring (bicyclic) bond motifs is 2. The van der Waals surface area contributed by atoms with Gasteiger partial charge in [-0.05, 0) is 48.9 Å². The summed E-state index contributed by atoms with van der Waals surface area (Å²) in [6.07, 6.45) is 6.44. The van der Waals surface area contributed by atoms with Gasteiger partial charge in [0.2, 0.25) is 0 Å². The summed E-state index contributed by atoms with van der Waals surface area (Å²) in [4.78, 5) is 17.2. The highest BCUT2D eigenvalue weighted by Crippen LogP contribution is 2.36. The van der Waals surface area contributed by atoms with E-state index in [2.05, 4.69) is 38.8 Å². The molecule has 5 rings (SSSR count). The van der Waals surface area contributed by atoms with E-state index in [0.717, 1.165) is 94.1 Å². The first-order valence-electron chi connectivity index (χ1n) is 10.9. The van der Waals surface area contributed by atoms with E-state index in [4.69, 9.17) is 10.5 Å². The number of aromatic nitrogens is 1. The lowest BCUT2D eigenvalue weighted by Gasteiger charge is -2.29. The number of nitrogens with zero attached hydrogens (tertiary/aromatic N) is 3. The summed E-state index contributed by atoms with van der Waals surface area (Å²) >= 11 is 0. The smallest absolute Gasteiger partial charge is 0.251 e. The normalized spacial score (nSPS) is 19.2. The third-order valence-electron chi connectivity index (χ3n) is 6.67. The van der Waals surface area contributed by atoms with E-state index in [1.807, 2.05) is 0 Å². The molecule has 4 heterocycles. The largest absolute Gasteiger partial charge is 0.379 e. The number of carbonyl (C=O) groups excluding carboxylic acids is 1. The molecule has 0 spiro atoms. The van der Waals surface area contributed by atoms with Crippen molar-refractivity contribution in [1.82, 2.24) is 9.47 Å². The Morgan fingerprint density at radius 2 is 1.90 bits per heavy atom. The summed E-state index contributed by atoms with van der Waals surface area (Å²) in [6, 6.07) is 6.68. The summed E-state index contributed by atoms with van der Waals surface area (Å²) in [5.74, 6) is -0.303. The predicted molar refractivity (Wildman–Crippen MR) is 114 cm³/mol. The molecule has 2 N–H and O–H groups in total. The van der Waals surface area contributed by atoms with Crippen molar-refractivity contribution in [1.29, 1.82) is 0 Å². The molecule has 1 aromatic heterocycles. The molecule has 0 saturated carbocycles. The Labute approximate surface area is 172 Å². The highest BCUT2D eigenvalue weighted by atomic mass is 16.5. The molecule has 6 nitrogen and oxygen atoms in total. The van der Waals surface area contributed by atoms with Gasteiger partial charge in [-0.3, -0.25) is 9.69 Å². The maximum atomic E-state index is 12.2. The van der Waals surface area contributed by atoms with Crippen LogP contribution in [-0.4, -0.2) is 61.3 Å². The molecule has 29 heavy (non-hydrogen) atoms. The lowest BCUT2D eigenvalue weighted by molar-refractivity contribution is 0.0392. The number of amides is 1. The van der Waals surface area contributed by atoms with Crippen molar-refractivity contribution < 1.29 is 9.53 Å². The molecule has 1 saturated heterocycles. The Morgan fingerprint density at radius 3 is 2.72 bits per heavy atom. The summed E-state index contributed by atoms with van der Waals surface area (Å²) in [7, 11) is 0. The number of anilines is 1. The van der Waals surface area contributed by atoms with Crippen LogP contribution in [0.3, 0.4) is 0 Å². The van der Waals surface area contributed by atoms with Crippen molar-refractivity contribution in [2.75, 3.05) is 50.8 Å². The zero-order chi connectivity index (χ0) is 19.8. The van der Waals surface area contributed by atoms with Crippen LogP contribution in [0.5, 0.6) is 0 Å². The molecule has 0 radical (unpaired) electrons. The predicted octanol–water partition coefficient (Wildman–Crippen LogP) is 2.28. The molecule has 2 aromatic rings. The summed E-state index contributed by atoms with van der Waals surface area (Å²) < 4.78 is 7.69. The van der Waals surface area contributed by atoms with Gasteiger partial charge in [0.1, 0.15) is 0 Å². The van der Waals surface area contributed by atoms with Crippen LogP contribution in [0.1, 0.15) is 34.5 Å². The second kappa shape index (κ2) is 7.84. The highest BCUT2D eigenvalue weighted by molar-refractivity contribution is 6.01. The summed E-state index contributed by atoms with van der Waals surface area (Å²) in [5.41, 5.74) is 12.5. The molecule has 154 valence electrons. The third-order valence-corrected chi connectivity index (χ3v) is 6.67. The van der Waals surface area contributed by atoms with E-state index in [1.54, 1.807) is 0 Å². The number of carbonyl (C=O) groups is 1. The van der Waals surface area contributed by atoms with Gasteiger partial charge in [0.05, 0.1) is 18.8 Å². The maximum Gasteiger partial charge on any atom is 0.251 e. The van der Waals surface area contributed by atoms with Gasteiger partial charge in [-0.25, -0.2) is 0 Å². The Kier molecular flexibility index (Phi) is 5.06. The first-order valence-corrected chi connectivity index (χ1v) is 10.9. The highest BCUT2D eigenvalue weighted by Gasteiger charge is 2.25. The zero-order valence-corrected chi connectivity index (χ0v) is 17.0. The van der Waals surface area contributed by atoms with E-state index in [9.17, 15) is 4.79 Å². The lowest BCUT2D eigenvalue weighted by atomic mass is 9.97. The van der Waals surface area contributed by atoms with Crippen LogP contribution in [0.15, 0.2) is 24.4 Å². The van der Waals surface area contributed by atoms with E-state index >= 15 is 0 Å². The van der Waals surface area contributed by atoms with Crippen LogP contribution in [-0.2, 0) is 24.1 Å². The minimum atomic E-state index is -0.303. The van der Waals surface area contributed by atoms with Crippen molar-refractivity contribution >= 4 is 11.6 Å². The van der Waals surface area contributed by atoms with Gasteiger partial charge < -0.3 is 19.9 Å². The van der Waals surface area contributed by atoms with Crippen LogP contribution in [0.4, 0.5) is 5.69 Å². The van der Waals surface area contributed by atoms with Gasteiger partial charge in [0.15, 0.2) is 0 Å². The molecule has 1 amide bonds. The second-order valence-corrected chi connectivity index (χ2v) is 8.41. The maximum absolute atomic E-state index is 12.2. The quantitative estimate of drug-likeness (QED) is 0.845. The van der Waals surface area contributed by atoms with E-state index in [1.165, 1.54) is 17.7 Å². The first kappa shape index (κ1) is 18.7. The molecule has 0 aliphatic carbocycles. The van der Waals surface area contributed by atoms with Crippen LogP contribution in [0.2, 0.25) is 0 Å². The SMILES string of the molecule is NC(=O)c1c(-c2ccc3c(c2)CCN3CCN2CCOCC2)cn2c1CCCC2. The van der Waals surface area contributed by atoms with Gasteiger partial charge >= 0.3 is 0 Å². The van der Waals surface area contributed by atoms with Crippen LogP contribution < -0.4 is 10.6 Å². The molecule has 1 aromatic carbocycles. The number of ether oxygens (including phenoxy) is 1. The number of primary amides is 1. The van der Waals surface area contributed by atoms with Gasteiger partial charge in [-0.1, -0.05) is 6.07 Å². The van der Waals surface area contributed by atoms with Crippen molar-refractivity contribution in [2.24, 2.45) is 5.73 Å². The molecular formula is C23H30N4O2. The lowest BCUT2D eigenvalue weighted by Crippen LogP contribution is -2.41. The van der Waals surface area contributed by atoms with Gasteiger partial charge in [0, 0.05) is 62.4 Å². The minimum Gasteiger partial charge on any atom is -0.379 e.